The molecule has 4 rings (SSSR count). The number of urea groups is 1. The number of nitrogens with zero attached hydrogens (tertiary/aromatic N) is 3. The van der Waals surface area contributed by atoms with Gasteiger partial charge in [-0.1, -0.05) is 11.6 Å². The fourth-order valence-corrected chi connectivity index (χ4v) is 4.08. The molecule has 1 aromatic carbocycles. The van der Waals surface area contributed by atoms with E-state index >= 15 is 0 Å². The van der Waals surface area contributed by atoms with Crippen LogP contribution in [0.2, 0.25) is 5.02 Å². The van der Waals surface area contributed by atoms with Crippen molar-refractivity contribution in [3.05, 3.63) is 65.6 Å². The molecular formula is C23H26ClN7O3. The number of hydrogen-bond donors (Lipinski definition) is 4. The molecule has 3 amide bonds. The maximum absolute atomic E-state index is 12.7. The first kappa shape index (κ1) is 23.5. The molecule has 34 heavy (non-hydrogen) atoms. The van der Waals surface area contributed by atoms with Gasteiger partial charge in [0.1, 0.15) is 11.6 Å². The van der Waals surface area contributed by atoms with E-state index in [-0.39, 0.29) is 30.4 Å². The van der Waals surface area contributed by atoms with Crippen molar-refractivity contribution in [3.63, 3.8) is 0 Å². The lowest BCUT2D eigenvalue weighted by Crippen LogP contribution is -2.52. The number of pyridine rings is 1. The molecule has 0 saturated carbocycles. The molecular weight excluding hydrogens is 458 g/mol. The van der Waals surface area contributed by atoms with Gasteiger partial charge in [-0.25, -0.2) is 4.79 Å². The highest BCUT2D eigenvalue weighted by Crippen LogP contribution is 2.27. The zero-order chi connectivity index (χ0) is 23.9. The minimum atomic E-state index is -0.309. The van der Waals surface area contributed by atoms with Gasteiger partial charge in [0, 0.05) is 47.5 Å². The van der Waals surface area contributed by atoms with E-state index in [1.807, 2.05) is 12.1 Å². The summed E-state index contributed by atoms with van der Waals surface area (Å²) in [6, 6.07) is 11.9. The standard InChI is InChI=1S/C23H26ClN7O3/c1-34-17-6-7-19(25-12-17)18-13-31(14-22(32)29-21-8-10-26-30-21)11-9-20(18)28-23(33)27-16-4-2-15(24)3-5-16/h2-8,10,12,18,20H,9,11,13-14H2,1H3,(H2,27,28,33)(H2,26,29,30,32)/t18-,20+/m0/s1. The molecule has 1 fully saturated rings. The fourth-order valence-electron chi connectivity index (χ4n) is 3.95. The molecule has 1 aliphatic heterocycles. The summed E-state index contributed by atoms with van der Waals surface area (Å²) in [5.41, 5.74) is 1.46. The Hall–Kier alpha value is -3.63. The minimum absolute atomic E-state index is 0.115. The van der Waals surface area contributed by atoms with Crippen LogP contribution in [0.4, 0.5) is 16.3 Å². The topological polar surface area (TPSA) is 124 Å². The Labute approximate surface area is 202 Å². The lowest BCUT2D eigenvalue weighted by Gasteiger charge is -2.38. The Bertz CT molecular complexity index is 1090. The monoisotopic (exact) mass is 483 g/mol. The van der Waals surface area contributed by atoms with Crippen LogP contribution < -0.4 is 20.7 Å². The number of likely N-dealkylation sites (tertiary alicyclic amines) is 1. The van der Waals surface area contributed by atoms with Crippen molar-refractivity contribution in [2.45, 2.75) is 18.4 Å². The number of piperidine rings is 1. The number of anilines is 2. The molecule has 2 aromatic heterocycles. The van der Waals surface area contributed by atoms with Gasteiger partial charge in [-0.15, -0.1) is 0 Å². The molecule has 0 spiro atoms. The highest BCUT2D eigenvalue weighted by Gasteiger charge is 2.33. The zero-order valence-electron chi connectivity index (χ0n) is 18.6. The van der Waals surface area contributed by atoms with Crippen LogP contribution in [-0.4, -0.2) is 64.8 Å². The van der Waals surface area contributed by atoms with E-state index < -0.39 is 0 Å². The Balaban J connectivity index is 1.43. The van der Waals surface area contributed by atoms with Crippen LogP contribution in [0.3, 0.4) is 0 Å². The number of carbonyl (C=O) groups is 2. The Morgan fingerprint density at radius 3 is 2.68 bits per heavy atom. The summed E-state index contributed by atoms with van der Waals surface area (Å²) in [6.07, 6.45) is 3.89. The number of ether oxygens (including phenoxy) is 1. The summed E-state index contributed by atoms with van der Waals surface area (Å²) in [4.78, 5) is 31.8. The lowest BCUT2D eigenvalue weighted by atomic mass is 9.88. The number of benzene rings is 1. The molecule has 11 heteroatoms. The van der Waals surface area contributed by atoms with Crippen LogP contribution in [0.25, 0.3) is 0 Å². The van der Waals surface area contributed by atoms with E-state index in [1.54, 1.807) is 49.8 Å². The van der Waals surface area contributed by atoms with Crippen molar-refractivity contribution in [2.24, 2.45) is 0 Å². The Kier molecular flexibility index (Phi) is 7.61. The van der Waals surface area contributed by atoms with Crippen molar-refractivity contribution in [2.75, 3.05) is 37.4 Å². The number of hydrogen-bond acceptors (Lipinski definition) is 6. The van der Waals surface area contributed by atoms with Crippen molar-refractivity contribution in [1.82, 2.24) is 25.4 Å². The number of carbonyl (C=O) groups excluding carboxylic acids is 2. The third-order valence-corrected chi connectivity index (χ3v) is 5.88. The van der Waals surface area contributed by atoms with Crippen molar-refractivity contribution in [1.29, 1.82) is 0 Å². The largest absolute Gasteiger partial charge is 0.495 e. The van der Waals surface area contributed by atoms with Gasteiger partial charge >= 0.3 is 6.03 Å². The Morgan fingerprint density at radius 1 is 1.18 bits per heavy atom. The molecule has 1 aliphatic rings. The Morgan fingerprint density at radius 2 is 2.00 bits per heavy atom. The smallest absolute Gasteiger partial charge is 0.319 e. The predicted molar refractivity (Wildman–Crippen MR) is 129 cm³/mol. The summed E-state index contributed by atoms with van der Waals surface area (Å²) < 4.78 is 5.22. The van der Waals surface area contributed by atoms with Crippen molar-refractivity contribution < 1.29 is 14.3 Å². The maximum Gasteiger partial charge on any atom is 0.319 e. The van der Waals surface area contributed by atoms with Gasteiger partial charge in [0.2, 0.25) is 5.91 Å². The van der Waals surface area contributed by atoms with E-state index in [0.717, 1.165) is 5.69 Å². The van der Waals surface area contributed by atoms with Crippen LogP contribution in [0.5, 0.6) is 5.75 Å². The van der Waals surface area contributed by atoms with Crippen LogP contribution >= 0.6 is 11.6 Å². The first-order chi connectivity index (χ1) is 16.5. The van der Waals surface area contributed by atoms with E-state index in [1.165, 1.54) is 0 Å². The van der Waals surface area contributed by atoms with E-state index in [0.29, 0.717) is 41.8 Å². The average Bonchev–Trinajstić information content (AvgIpc) is 3.34. The van der Waals surface area contributed by atoms with Gasteiger partial charge in [-0.2, -0.15) is 5.10 Å². The molecule has 0 radical (unpaired) electrons. The van der Waals surface area contributed by atoms with E-state index in [2.05, 4.69) is 36.0 Å². The summed E-state index contributed by atoms with van der Waals surface area (Å²) in [5.74, 6) is 0.947. The summed E-state index contributed by atoms with van der Waals surface area (Å²) in [6.45, 7) is 1.42. The first-order valence-corrected chi connectivity index (χ1v) is 11.2. The number of halogens is 1. The second-order valence-corrected chi connectivity index (χ2v) is 8.42. The van der Waals surface area contributed by atoms with Crippen LogP contribution in [0.1, 0.15) is 18.0 Å². The molecule has 10 nitrogen and oxygen atoms in total. The molecule has 1 saturated heterocycles. The third kappa shape index (κ3) is 6.24. The molecule has 0 unspecified atom stereocenters. The molecule has 178 valence electrons. The summed E-state index contributed by atoms with van der Waals surface area (Å²) >= 11 is 5.92. The SMILES string of the molecule is COc1ccc([C@@H]2CN(CC(=O)Nc3ccn[nH]3)CC[C@H]2NC(=O)Nc2ccc(Cl)cc2)nc1. The van der Waals surface area contributed by atoms with Crippen LogP contribution in [0.15, 0.2) is 54.9 Å². The summed E-state index contributed by atoms with van der Waals surface area (Å²) in [7, 11) is 1.59. The first-order valence-electron chi connectivity index (χ1n) is 10.8. The van der Waals surface area contributed by atoms with E-state index in [4.69, 9.17) is 16.3 Å². The average molecular weight is 484 g/mol. The second kappa shape index (κ2) is 11.0. The van der Waals surface area contributed by atoms with Gasteiger partial charge in [0.25, 0.3) is 0 Å². The molecule has 3 aromatic rings. The van der Waals surface area contributed by atoms with Crippen LogP contribution in [0, 0.1) is 0 Å². The number of amides is 3. The van der Waals surface area contributed by atoms with Gasteiger partial charge in [0.15, 0.2) is 0 Å². The highest BCUT2D eigenvalue weighted by atomic mass is 35.5. The number of rotatable bonds is 7. The summed E-state index contributed by atoms with van der Waals surface area (Å²) in [5, 5.41) is 15.9. The molecule has 2 atom stereocenters. The molecule has 0 aliphatic carbocycles. The molecule has 4 N–H and O–H groups in total. The van der Waals surface area contributed by atoms with Gasteiger partial charge in [-0.3, -0.25) is 19.8 Å². The van der Waals surface area contributed by atoms with Gasteiger partial charge < -0.3 is 20.7 Å². The second-order valence-electron chi connectivity index (χ2n) is 7.98. The van der Waals surface area contributed by atoms with Crippen molar-refractivity contribution in [3.8, 4) is 5.75 Å². The van der Waals surface area contributed by atoms with Gasteiger partial charge in [0.05, 0.1) is 26.0 Å². The fraction of sp³-hybridized carbons (Fsp3) is 0.304. The molecule has 3 heterocycles. The van der Waals surface area contributed by atoms with E-state index in [9.17, 15) is 9.59 Å². The number of nitrogens with one attached hydrogen (secondary N) is 4. The predicted octanol–water partition coefficient (Wildman–Crippen LogP) is 3.09. The van der Waals surface area contributed by atoms with Crippen LogP contribution in [-0.2, 0) is 4.79 Å². The maximum atomic E-state index is 12.7. The number of methoxy groups -OCH3 is 1. The minimum Gasteiger partial charge on any atom is -0.495 e. The lowest BCUT2D eigenvalue weighted by molar-refractivity contribution is -0.117. The number of H-pyrrole nitrogens is 1. The quantitative estimate of drug-likeness (QED) is 0.409. The van der Waals surface area contributed by atoms with Gasteiger partial charge in [-0.05, 0) is 42.8 Å². The number of aromatic nitrogens is 3. The number of aromatic amines is 1. The van der Waals surface area contributed by atoms with Crippen molar-refractivity contribution >= 4 is 35.0 Å². The highest BCUT2D eigenvalue weighted by molar-refractivity contribution is 6.30. The zero-order valence-corrected chi connectivity index (χ0v) is 19.4. The molecule has 0 bridgehead atoms. The normalized spacial score (nSPS) is 18.2. The third-order valence-electron chi connectivity index (χ3n) is 5.63.